The Morgan fingerprint density at radius 2 is 2.18 bits per heavy atom. The predicted octanol–water partition coefficient (Wildman–Crippen LogP) is 1.56. The van der Waals surface area contributed by atoms with Gasteiger partial charge in [0.2, 0.25) is 5.91 Å². The molecule has 1 aliphatic heterocycles. The van der Waals surface area contributed by atoms with Crippen molar-refractivity contribution in [2.24, 2.45) is 11.3 Å². The molecule has 2 heteroatoms. The van der Waals surface area contributed by atoms with Crippen LogP contribution in [0.2, 0.25) is 0 Å². The molecule has 0 aliphatic carbocycles. The molecule has 0 saturated carbocycles. The number of rotatable bonds is 1. The van der Waals surface area contributed by atoms with Gasteiger partial charge in [-0.3, -0.25) is 4.79 Å². The molecule has 1 saturated heterocycles. The van der Waals surface area contributed by atoms with Crippen molar-refractivity contribution in [3.63, 3.8) is 0 Å². The molecule has 1 fully saturated rings. The number of nitrogens with one attached hydrogen (secondary N) is 1. The topological polar surface area (TPSA) is 29.1 Å². The van der Waals surface area contributed by atoms with Crippen molar-refractivity contribution >= 4 is 5.91 Å². The minimum atomic E-state index is -0.113. The van der Waals surface area contributed by atoms with Crippen LogP contribution in [-0.2, 0) is 4.79 Å². The van der Waals surface area contributed by atoms with E-state index < -0.39 is 0 Å². The highest BCUT2D eigenvalue weighted by molar-refractivity contribution is 5.83. The summed E-state index contributed by atoms with van der Waals surface area (Å²) in [4.78, 5) is 11.4. The van der Waals surface area contributed by atoms with Gasteiger partial charge in [-0.1, -0.05) is 20.8 Å². The summed E-state index contributed by atoms with van der Waals surface area (Å²) in [7, 11) is 0. The van der Waals surface area contributed by atoms with E-state index in [1.54, 1.807) is 0 Å². The molecule has 0 unspecified atom stereocenters. The van der Waals surface area contributed by atoms with Crippen LogP contribution in [0, 0.1) is 11.3 Å². The van der Waals surface area contributed by atoms with Crippen molar-refractivity contribution in [3.8, 4) is 0 Å². The smallest absolute Gasteiger partial charge is 0.226 e. The molecule has 0 aromatic carbocycles. The molecule has 1 rings (SSSR count). The summed E-state index contributed by atoms with van der Waals surface area (Å²) in [6.07, 6.45) is 2.16. The Morgan fingerprint density at radius 1 is 1.55 bits per heavy atom. The third-order valence-electron chi connectivity index (χ3n) is 2.95. The first-order chi connectivity index (χ1) is 5.07. The Labute approximate surface area is 68.4 Å². The van der Waals surface area contributed by atoms with Crippen molar-refractivity contribution in [2.75, 3.05) is 6.54 Å². The van der Waals surface area contributed by atoms with Crippen LogP contribution in [-0.4, -0.2) is 12.5 Å². The Hall–Kier alpha value is -0.530. The van der Waals surface area contributed by atoms with E-state index in [2.05, 4.69) is 26.1 Å². The molecule has 1 heterocycles. The summed E-state index contributed by atoms with van der Waals surface area (Å²) in [6.45, 7) is 7.16. The number of hydrogen-bond donors (Lipinski definition) is 1. The molecule has 2 nitrogen and oxygen atoms in total. The summed E-state index contributed by atoms with van der Waals surface area (Å²) >= 11 is 0. The Balaban J connectivity index is 2.73. The maximum Gasteiger partial charge on any atom is 0.226 e. The molecule has 0 aromatic rings. The molecule has 1 atom stereocenters. The second-order valence-corrected chi connectivity index (χ2v) is 3.93. The molecule has 1 N–H and O–H groups in total. The van der Waals surface area contributed by atoms with Gasteiger partial charge in [0.1, 0.15) is 0 Å². The maximum absolute atomic E-state index is 11.4. The van der Waals surface area contributed by atoms with Gasteiger partial charge in [0, 0.05) is 12.0 Å². The van der Waals surface area contributed by atoms with Crippen LogP contribution in [0.15, 0.2) is 0 Å². The van der Waals surface area contributed by atoms with Gasteiger partial charge in [0.05, 0.1) is 0 Å². The summed E-state index contributed by atoms with van der Waals surface area (Å²) in [5.74, 6) is 0.682. The van der Waals surface area contributed by atoms with Crippen LogP contribution in [0.3, 0.4) is 0 Å². The van der Waals surface area contributed by atoms with E-state index in [4.69, 9.17) is 0 Å². The minimum Gasteiger partial charge on any atom is -0.356 e. The zero-order chi connectivity index (χ0) is 8.48. The Kier molecular flexibility index (Phi) is 2.21. The molecule has 0 bridgehead atoms. The fraction of sp³-hybridized carbons (Fsp3) is 0.889. The highest BCUT2D eigenvalue weighted by atomic mass is 16.2. The minimum absolute atomic E-state index is 0.113. The fourth-order valence-electron chi connectivity index (χ4n) is 1.52. The Morgan fingerprint density at radius 3 is 2.55 bits per heavy atom. The lowest BCUT2D eigenvalue weighted by molar-refractivity contribution is -0.135. The van der Waals surface area contributed by atoms with Crippen molar-refractivity contribution in [2.45, 2.75) is 33.6 Å². The molecular formula is C9H17NO. The molecule has 1 aliphatic rings. The van der Waals surface area contributed by atoms with Gasteiger partial charge in [-0.2, -0.15) is 0 Å². The molecule has 0 aromatic heterocycles. The second kappa shape index (κ2) is 2.84. The molecule has 1 amide bonds. The van der Waals surface area contributed by atoms with E-state index in [0.29, 0.717) is 5.92 Å². The molecule has 0 radical (unpaired) electrons. The lowest BCUT2D eigenvalue weighted by atomic mass is 9.73. The van der Waals surface area contributed by atoms with Crippen LogP contribution in [0.4, 0.5) is 0 Å². The van der Waals surface area contributed by atoms with E-state index in [9.17, 15) is 4.79 Å². The average molecular weight is 155 g/mol. The number of amides is 1. The van der Waals surface area contributed by atoms with Crippen LogP contribution in [0.25, 0.3) is 0 Å². The molecule has 64 valence electrons. The van der Waals surface area contributed by atoms with E-state index in [-0.39, 0.29) is 11.3 Å². The van der Waals surface area contributed by atoms with Crippen LogP contribution < -0.4 is 5.32 Å². The fourth-order valence-corrected chi connectivity index (χ4v) is 1.52. The van der Waals surface area contributed by atoms with E-state index in [0.717, 1.165) is 19.4 Å². The number of carbonyl (C=O) groups excluding carboxylic acids is 1. The zero-order valence-corrected chi connectivity index (χ0v) is 7.61. The lowest BCUT2D eigenvalue weighted by Gasteiger charge is -2.35. The van der Waals surface area contributed by atoms with Gasteiger partial charge in [-0.05, 0) is 18.8 Å². The highest BCUT2D eigenvalue weighted by Crippen LogP contribution is 2.34. The van der Waals surface area contributed by atoms with Crippen molar-refractivity contribution in [3.05, 3.63) is 0 Å². The lowest BCUT2D eigenvalue weighted by Crippen LogP contribution is -2.46. The van der Waals surface area contributed by atoms with Gasteiger partial charge in [-0.25, -0.2) is 0 Å². The zero-order valence-electron chi connectivity index (χ0n) is 7.61. The van der Waals surface area contributed by atoms with Gasteiger partial charge in [0.15, 0.2) is 0 Å². The van der Waals surface area contributed by atoms with E-state index >= 15 is 0 Å². The van der Waals surface area contributed by atoms with E-state index in [1.807, 2.05) is 0 Å². The largest absolute Gasteiger partial charge is 0.356 e. The van der Waals surface area contributed by atoms with Gasteiger partial charge < -0.3 is 5.32 Å². The normalized spacial score (nSPS) is 32.2. The first-order valence-electron chi connectivity index (χ1n) is 4.35. The molecule has 0 spiro atoms. The number of hydrogen-bond acceptors (Lipinski definition) is 1. The first-order valence-corrected chi connectivity index (χ1v) is 4.35. The summed E-state index contributed by atoms with van der Waals surface area (Å²) in [5, 5.41) is 2.92. The highest BCUT2D eigenvalue weighted by Gasteiger charge is 2.37. The van der Waals surface area contributed by atoms with Crippen LogP contribution in [0.1, 0.15) is 33.6 Å². The first kappa shape index (κ1) is 8.57. The third kappa shape index (κ3) is 1.39. The molecule has 11 heavy (non-hydrogen) atoms. The third-order valence-corrected chi connectivity index (χ3v) is 2.95. The summed E-state index contributed by atoms with van der Waals surface area (Å²) < 4.78 is 0. The molecular weight excluding hydrogens is 138 g/mol. The second-order valence-electron chi connectivity index (χ2n) is 3.93. The van der Waals surface area contributed by atoms with Crippen molar-refractivity contribution in [1.29, 1.82) is 0 Å². The van der Waals surface area contributed by atoms with Crippen molar-refractivity contribution < 1.29 is 4.79 Å². The standard InChI is InChI=1S/C9H17NO/c1-7(2)9(3)5-4-6-10-8(9)11/h7H,4-6H2,1-3H3,(H,10,11)/t9-/m0/s1. The van der Waals surface area contributed by atoms with Crippen molar-refractivity contribution in [1.82, 2.24) is 5.32 Å². The van der Waals surface area contributed by atoms with Gasteiger partial charge in [-0.15, -0.1) is 0 Å². The Bertz CT molecular complexity index is 165. The van der Waals surface area contributed by atoms with Crippen LogP contribution in [0.5, 0.6) is 0 Å². The SMILES string of the molecule is CC(C)[C@]1(C)CCCNC1=O. The van der Waals surface area contributed by atoms with Gasteiger partial charge >= 0.3 is 0 Å². The number of piperidine rings is 1. The maximum atomic E-state index is 11.4. The summed E-state index contributed by atoms with van der Waals surface area (Å²) in [6, 6.07) is 0. The monoisotopic (exact) mass is 155 g/mol. The quantitative estimate of drug-likeness (QED) is 0.611. The summed E-state index contributed by atoms with van der Waals surface area (Å²) in [5.41, 5.74) is -0.113. The number of carbonyl (C=O) groups is 1. The predicted molar refractivity (Wildman–Crippen MR) is 45.2 cm³/mol. The van der Waals surface area contributed by atoms with E-state index in [1.165, 1.54) is 0 Å². The van der Waals surface area contributed by atoms with Crippen LogP contribution >= 0.6 is 0 Å². The average Bonchev–Trinajstić information content (AvgIpc) is 1.95. The van der Waals surface area contributed by atoms with Gasteiger partial charge in [0.25, 0.3) is 0 Å².